The predicted octanol–water partition coefficient (Wildman–Crippen LogP) is 2.43. The maximum atomic E-state index is 12.1. The second-order valence-electron chi connectivity index (χ2n) is 5.03. The molecule has 1 N–H and O–H groups in total. The topological polar surface area (TPSA) is 41.6 Å². The monoisotopic (exact) mass is 272 g/mol. The van der Waals surface area contributed by atoms with E-state index in [1.165, 1.54) is 7.11 Å². The summed E-state index contributed by atoms with van der Waals surface area (Å²) >= 11 is 0. The summed E-state index contributed by atoms with van der Waals surface area (Å²) in [6.45, 7) is 12.4. The van der Waals surface area contributed by atoms with Gasteiger partial charge in [-0.15, -0.1) is 0 Å². The van der Waals surface area contributed by atoms with E-state index in [1.54, 1.807) is 0 Å². The molecule has 4 nitrogen and oxygen atoms in total. The molecular formula is C15H32N2O2. The number of likely N-dealkylation sites (N-methyl/N-ethyl adjacent to an activating group) is 1. The smallest absolute Gasteiger partial charge is 0.326 e. The largest absolute Gasteiger partial charge is 0.468 e. The summed E-state index contributed by atoms with van der Waals surface area (Å²) < 4.78 is 5.02. The molecule has 19 heavy (non-hydrogen) atoms. The molecule has 0 aromatic rings. The van der Waals surface area contributed by atoms with Crippen LogP contribution < -0.4 is 5.32 Å². The summed E-state index contributed by atoms with van der Waals surface area (Å²) in [7, 11) is 1.48. The zero-order chi connectivity index (χ0) is 14.7. The van der Waals surface area contributed by atoms with Crippen molar-refractivity contribution < 1.29 is 9.53 Å². The molecule has 4 heteroatoms. The molecule has 0 radical (unpaired) electrons. The van der Waals surface area contributed by atoms with Crippen molar-refractivity contribution in [2.45, 2.75) is 58.9 Å². The first kappa shape index (κ1) is 18.4. The number of carbonyl (C=O) groups excluding carboxylic acids is 1. The van der Waals surface area contributed by atoms with Crippen molar-refractivity contribution in [1.82, 2.24) is 10.2 Å². The lowest BCUT2D eigenvalue weighted by Crippen LogP contribution is -2.54. The van der Waals surface area contributed by atoms with E-state index in [-0.39, 0.29) is 5.97 Å². The van der Waals surface area contributed by atoms with Gasteiger partial charge in [-0.05, 0) is 25.9 Å². The van der Waals surface area contributed by atoms with E-state index >= 15 is 0 Å². The SMILES string of the molecule is CCCC(CCC)(NCCN(CC)CC)C(=O)OC. The van der Waals surface area contributed by atoms with Crippen molar-refractivity contribution in [3.63, 3.8) is 0 Å². The van der Waals surface area contributed by atoms with Crippen molar-refractivity contribution in [3.05, 3.63) is 0 Å². The van der Waals surface area contributed by atoms with E-state index in [9.17, 15) is 4.79 Å². The summed E-state index contributed by atoms with van der Waals surface area (Å²) in [5, 5.41) is 3.47. The van der Waals surface area contributed by atoms with Crippen molar-refractivity contribution in [1.29, 1.82) is 0 Å². The van der Waals surface area contributed by atoms with E-state index in [1.807, 2.05) is 0 Å². The van der Waals surface area contributed by atoms with Crippen molar-refractivity contribution in [2.75, 3.05) is 33.3 Å². The van der Waals surface area contributed by atoms with E-state index < -0.39 is 5.54 Å². The van der Waals surface area contributed by atoms with E-state index in [0.29, 0.717) is 0 Å². The summed E-state index contributed by atoms with van der Waals surface area (Å²) in [6.07, 6.45) is 3.64. The number of hydrogen-bond donors (Lipinski definition) is 1. The number of rotatable bonds is 11. The predicted molar refractivity (Wildman–Crippen MR) is 80.4 cm³/mol. The molecule has 0 amide bonds. The Morgan fingerprint density at radius 1 is 1.11 bits per heavy atom. The molecule has 0 bridgehead atoms. The minimum absolute atomic E-state index is 0.115. The Kier molecular flexibility index (Phi) is 9.88. The Morgan fingerprint density at radius 3 is 2.00 bits per heavy atom. The van der Waals surface area contributed by atoms with E-state index in [2.05, 4.69) is 37.9 Å². The summed E-state index contributed by atoms with van der Waals surface area (Å²) in [5.41, 5.74) is -0.495. The number of ether oxygens (including phenoxy) is 1. The highest BCUT2D eigenvalue weighted by molar-refractivity contribution is 5.80. The van der Waals surface area contributed by atoms with Crippen LogP contribution >= 0.6 is 0 Å². The average Bonchev–Trinajstić information content (AvgIpc) is 2.43. The first-order valence-electron chi connectivity index (χ1n) is 7.65. The third-order valence-corrected chi connectivity index (χ3v) is 3.72. The van der Waals surface area contributed by atoms with Crippen molar-refractivity contribution in [3.8, 4) is 0 Å². The van der Waals surface area contributed by atoms with Crippen LogP contribution in [0.25, 0.3) is 0 Å². The number of hydrogen-bond acceptors (Lipinski definition) is 4. The molecule has 0 spiro atoms. The van der Waals surface area contributed by atoms with Crippen LogP contribution in [-0.2, 0) is 9.53 Å². The van der Waals surface area contributed by atoms with Gasteiger partial charge in [-0.3, -0.25) is 4.79 Å². The molecule has 0 heterocycles. The number of nitrogens with zero attached hydrogens (tertiary/aromatic N) is 1. The fourth-order valence-electron chi connectivity index (χ4n) is 2.62. The minimum Gasteiger partial charge on any atom is -0.468 e. The molecule has 0 rings (SSSR count). The molecule has 0 saturated carbocycles. The fourth-order valence-corrected chi connectivity index (χ4v) is 2.62. The van der Waals surface area contributed by atoms with Crippen molar-refractivity contribution in [2.24, 2.45) is 0 Å². The Hall–Kier alpha value is -0.610. The van der Waals surface area contributed by atoms with Crippen LogP contribution in [0.15, 0.2) is 0 Å². The van der Waals surface area contributed by atoms with Gasteiger partial charge in [0.05, 0.1) is 7.11 Å². The molecule has 0 aromatic carbocycles. The average molecular weight is 272 g/mol. The van der Waals surface area contributed by atoms with Gasteiger partial charge >= 0.3 is 5.97 Å². The Morgan fingerprint density at radius 2 is 1.63 bits per heavy atom. The first-order valence-corrected chi connectivity index (χ1v) is 7.65. The molecule has 0 saturated heterocycles. The van der Waals surface area contributed by atoms with Gasteiger partial charge in [-0.1, -0.05) is 40.5 Å². The second kappa shape index (κ2) is 10.2. The number of esters is 1. The quantitative estimate of drug-likeness (QED) is 0.587. The highest BCUT2D eigenvalue weighted by Crippen LogP contribution is 2.21. The molecule has 0 aliphatic heterocycles. The van der Waals surface area contributed by atoms with Gasteiger partial charge in [0.2, 0.25) is 0 Å². The zero-order valence-electron chi connectivity index (χ0n) is 13.4. The molecule has 0 unspecified atom stereocenters. The van der Waals surface area contributed by atoms with E-state index in [0.717, 1.165) is 51.9 Å². The normalized spacial score (nSPS) is 11.9. The Labute approximate surface area is 118 Å². The highest BCUT2D eigenvalue weighted by atomic mass is 16.5. The maximum Gasteiger partial charge on any atom is 0.326 e. The molecule has 114 valence electrons. The van der Waals surface area contributed by atoms with Gasteiger partial charge < -0.3 is 15.0 Å². The second-order valence-corrected chi connectivity index (χ2v) is 5.03. The fraction of sp³-hybridized carbons (Fsp3) is 0.933. The molecular weight excluding hydrogens is 240 g/mol. The molecule has 0 aromatic heterocycles. The van der Waals surface area contributed by atoms with Gasteiger partial charge in [-0.25, -0.2) is 0 Å². The van der Waals surface area contributed by atoms with Gasteiger partial charge in [0.1, 0.15) is 5.54 Å². The van der Waals surface area contributed by atoms with E-state index in [4.69, 9.17) is 4.74 Å². The zero-order valence-corrected chi connectivity index (χ0v) is 13.4. The Bertz CT molecular complexity index is 234. The van der Waals surface area contributed by atoms with Crippen molar-refractivity contribution >= 4 is 5.97 Å². The maximum absolute atomic E-state index is 12.1. The van der Waals surface area contributed by atoms with Gasteiger partial charge in [0.15, 0.2) is 0 Å². The molecule has 0 atom stereocenters. The molecule has 0 aliphatic carbocycles. The molecule has 0 aliphatic rings. The van der Waals surface area contributed by atoms with Crippen LogP contribution in [0.1, 0.15) is 53.4 Å². The first-order chi connectivity index (χ1) is 9.10. The van der Waals surface area contributed by atoms with Crippen LogP contribution in [0.4, 0.5) is 0 Å². The number of methoxy groups -OCH3 is 1. The third kappa shape index (κ3) is 5.91. The molecule has 0 fully saturated rings. The number of nitrogens with one attached hydrogen (secondary N) is 1. The summed E-state index contributed by atoms with van der Waals surface area (Å²) in [4.78, 5) is 14.5. The lowest BCUT2D eigenvalue weighted by Gasteiger charge is -2.32. The van der Waals surface area contributed by atoms with Crippen LogP contribution in [0.2, 0.25) is 0 Å². The lowest BCUT2D eigenvalue weighted by molar-refractivity contribution is -0.149. The minimum atomic E-state index is -0.495. The van der Waals surface area contributed by atoms with Crippen LogP contribution in [0, 0.1) is 0 Å². The lowest BCUT2D eigenvalue weighted by atomic mass is 9.88. The van der Waals surface area contributed by atoms with Gasteiger partial charge in [0.25, 0.3) is 0 Å². The van der Waals surface area contributed by atoms with Gasteiger partial charge in [0, 0.05) is 13.1 Å². The van der Waals surface area contributed by atoms with Crippen LogP contribution in [0.5, 0.6) is 0 Å². The standard InChI is InChI=1S/C15H32N2O2/c1-6-10-15(11-7-2,14(18)19-5)16-12-13-17(8-3)9-4/h16H,6-13H2,1-5H3. The summed E-state index contributed by atoms with van der Waals surface area (Å²) in [6, 6.07) is 0. The summed E-state index contributed by atoms with van der Waals surface area (Å²) in [5.74, 6) is -0.115. The van der Waals surface area contributed by atoms with Crippen LogP contribution in [0.3, 0.4) is 0 Å². The highest BCUT2D eigenvalue weighted by Gasteiger charge is 2.37. The Balaban J connectivity index is 4.59. The number of carbonyl (C=O) groups is 1. The third-order valence-electron chi connectivity index (χ3n) is 3.72. The van der Waals surface area contributed by atoms with Crippen LogP contribution in [-0.4, -0.2) is 49.7 Å². The van der Waals surface area contributed by atoms with Gasteiger partial charge in [-0.2, -0.15) is 0 Å².